The average Bonchev–Trinajstić information content (AvgIpc) is 2.88. The number of rotatable bonds is 5. The second kappa shape index (κ2) is 6.59. The number of H-pyrrole nitrogens is 1. The molecule has 0 aromatic carbocycles. The van der Waals surface area contributed by atoms with E-state index in [-0.39, 0.29) is 5.91 Å². The number of hydrogen-bond acceptors (Lipinski definition) is 2. The van der Waals surface area contributed by atoms with Crippen molar-refractivity contribution in [2.24, 2.45) is 5.92 Å². The number of carbonyl (C=O) groups is 1. The van der Waals surface area contributed by atoms with E-state index >= 15 is 0 Å². The van der Waals surface area contributed by atoms with Crippen molar-refractivity contribution in [1.82, 2.24) is 15.2 Å². The fourth-order valence-electron chi connectivity index (χ4n) is 2.56. The summed E-state index contributed by atoms with van der Waals surface area (Å²) in [6, 6.07) is 3.63. The number of piperidine rings is 1. The molecule has 2 rings (SSSR count). The molecule has 0 saturated carbocycles. The maximum absolute atomic E-state index is 11.7. The predicted octanol–water partition coefficient (Wildman–Crippen LogP) is 1.87. The van der Waals surface area contributed by atoms with Crippen LogP contribution >= 0.6 is 0 Å². The second-order valence-corrected chi connectivity index (χ2v) is 5.24. The number of nitrogens with zero attached hydrogens (tertiary/aromatic N) is 1. The van der Waals surface area contributed by atoms with Crippen molar-refractivity contribution < 1.29 is 4.79 Å². The smallest absolute Gasteiger partial charge is 0.267 e. The van der Waals surface area contributed by atoms with Crippen molar-refractivity contribution in [2.75, 3.05) is 26.2 Å². The van der Waals surface area contributed by atoms with E-state index in [0.717, 1.165) is 25.4 Å². The Balaban J connectivity index is 1.60. The topological polar surface area (TPSA) is 48.1 Å². The third-order valence-corrected chi connectivity index (χ3v) is 3.52. The van der Waals surface area contributed by atoms with Crippen LogP contribution in [0, 0.1) is 5.92 Å². The number of hydrogen-bond donors (Lipinski definition) is 2. The van der Waals surface area contributed by atoms with Crippen LogP contribution in [0.3, 0.4) is 0 Å². The Morgan fingerprint density at radius 1 is 1.61 bits per heavy atom. The summed E-state index contributed by atoms with van der Waals surface area (Å²) in [6.45, 7) is 6.59. The molecular formula is C14H23N3O. The molecule has 1 amide bonds. The normalized spacial score (nSPS) is 20.8. The molecule has 2 N–H and O–H groups in total. The van der Waals surface area contributed by atoms with E-state index in [1.165, 1.54) is 25.9 Å². The van der Waals surface area contributed by atoms with Gasteiger partial charge in [0, 0.05) is 19.3 Å². The highest BCUT2D eigenvalue weighted by molar-refractivity contribution is 5.92. The fraction of sp³-hybridized carbons (Fsp3) is 0.643. The first-order valence-electron chi connectivity index (χ1n) is 6.89. The first-order valence-corrected chi connectivity index (χ1v) is 6.89. The highest BCUT2D eigenvalue weighted by Gasteiger charge is 2.15. The largest absolute Gasteiger partial charge is 0.357 e. The van der Waals surface area contributed by atoms with Gasteiger partial charge in [0.25, 0.3) is 5.91 Å². The highest BCUT2D eigenvalue weighted by atomic mass is 16.1. The van der Waals surface area contributed by atoms with Gasteiger partial charge in [-0.3, -0.25) is 4.79 Å². The van der Waals surface area contributed by atoms with Crippen LogP contribution < -0.4 is 5.32 Å². The lowest BCUT2D eigenvalue weighted by molar-refractivity contribution is 0.0945. The third kappa shape index (κ3) is 3.88. The molecular weight excluding hydrogens is 226 g/mol. The van der Waals surface area contributed by atoms with E-state index < -0.39 is 0 Å². The Bertz CT molecular complexity index is 361. The Hall–Kier alpha value is -1.29. The number of aromatic amines is 1. The summed E-state index contributed by atoms with van der Waals surface area (Å²) >= 11 is 0. The van der Waals surface area contributed by atoms with Gasteiger partial charge < -0.3 is 15.2 Å². The minimum atomic E-state index is -0.00740. The Morgan fingerprint density at radius 3 is 3.22 bits per heavy atom. The van der Waals surface area contributed by atoms with Crippen LogP contribution in [0.25, 0.3) is 0 Å². The average molecular weight is 249 g/mol. The maximum atomic E-state index is 11.7. The van der Waals surface area contributed by atoms with Crippen molar-refractivity contribution in [2.45, 2.75) is 26.2 Å². The van der Waals surface area contributed by atoms with Crippen molar-refractivity contribution in [3.05, 3.63) is 24.0 Å². The molecule has 1 aromatic rings. The van der Waals surface area contributed by atoms with Gasteiger partial charge in [-0.05, 0) is 50.4 Å². The van der Waals surface area contributed by atoms with Crippen LogP contribution in [0.4, 0.5) is 0 Å². The van der Waals surface area contributed by atoms with Gasteiger partial charge in [-0.1, -0.05) is 6.92 Å². The summed E-state index contributed by atoms with van der Waals surface area (Å²) in [7, 11) is 0. The lowest BCUT2D eigenvalue weighted by Crippen LogP contribution is -2.36. The number of nitrogens with one attached hydrogen (secondary N) is 2. The second-order valence-electron chi connectivity index (χ2n) is 5.24. The zero-order valence-corrected chi connectivity index (χ0v) is 11.1. The monoisotopic (exact) mass is 249 g/mol. The van der Waals surface area contributed by atoms with Crippen LogP contribution in [-0.4, -0.2) is 42.0 Å². The molecule has 0 radical (unpaired) electrons. The zero-order valence-electron chi connectivity index (χ0n) is 11.1. The maximum Gasteiger partial charge on any atom is 0.267 e. The number of aromatic nitrogens is 1. The molecule has 1 fully saturated rings. The fourth-order valence-corrected chi connectivity index (χ4v) is 2.56. The van der Waals surface area contributed by atoms with E-state index in [0.29, 0.717) is 5.69 Å². The van der Waals surface area contributed by atoms with Gasteiger partial charge >= 0.3 is 0 Å². The Morgan fingerprint density at radius 2 is 2.50 bits per heavy atom. The summed E-state index contributed by atoms with van der Waals surface area (Å²) in [5, 5.41) is 2.94. The van der Waals surface area contributed by atoms with E-state index in [9.17, 15) is 4.79 Å². The molecule has 18 heavy (non-hydrogen) atoms. The molecule has 1 saturated heterocycles. The SMILES string of the molecule is CC1CCCN(CCCNC(=O)c2ccc[nH]2)C1. The molecule has 0 spiro atoms. The standard InChI is InChI=1S/C14H23N3O/c1-12-5-3-9-17(11-12)10-4-8-16-14(18)13-6-2-7-15-13/h2,6-7,12,15H,3-5,8-11H2,1H3,(H,16,18). The quantitative estimate of drug-likeness (QED) is 0.783. The van der Waals surface area contributed by atoms with Crippen molar-refractivity contribution in [1.29, 1.82) is 0 Å². The van der Waals surface area contributed by atoms with Crippen LogP contribution in [0.1, 0.15) is 36.7 Å². The van der Waals surface area contributed by atoms with E-state index in [1.54, 1.807) is 12.3 Å². The molecule has 1 atom stereocenters. The molecule has 4 nitrogen and oxygen atoms in total. The highest BCUT2D eigenvalue weighted by Crippen LogP contribution is 2.15. The minimum Gasteiger partial charge on any atom is -0.357 e. The molecule has 4 heteroatoms. The van der Waals surface area contributed by atoms with Crippen LogP contribution in [0.2, 0.25) is 0 Å². The van der Waals surface area contributed by atoms with Gasteiger partial charge in [-0.25, -0.2) is 0 Å². The Labute approximate surface area is 109 Å². The van der Waals surface area contributed by atoms with Crippen molar-refractivity contribution in [3.63, 3.8) is 0 Å². The summed E-state index contributed by atoms with van der Waals surface area (Å²) < 4.78 is 0. The van der Waals surface area contributed by atoms with Crippen LogP contribution in [0.15, 0.2) is 18.3 Å². The van der Waals surface area contributed by atoms with E-state index in [2.05, 4.69) is 22.1 Å². The summed E-state index contributed by atoms with van der Waals surface area (Å²) in [6.07, 6.45) is 5.47. The zero-order chi connectivity index (χ0) is 12.8. The van der Waals surface area contributed by atoms with Crippen LogP contribution in [-0.2, 0) is 0 Å². The first-order chi connectivity index (χ1) is 8.75. The van der Waals surface area contributed by atoms with E-state index in [4.69, 9.17) is 0 Å². The van der Waals surface area contributed by atoms with Crippen molar-refractivity contribution >= 4 is 5.91 Å². The molecule has 100 valence electrons. The van der Waals surface area contributed by atoms with E-state index in [1.807, 2.05) is 6.07 Å². The van der Waals surface area contributed by atoms with Gasteiger partial charge in [0.15, 0.2) is 0 Å². The van der Waals surface area contributed by atoms with Gasteiger partial charge in [0.2, 0.25) is 0 Å². The van der Waals surface area contributed by atoms with Gasteiger partial charge in [0.05, 0.1) is 0 Å². The molecule has 0 aliphatic carbocycles. The molecule has 1 aliphatic heterocycles. The third-order valence-electron chi connectivity index (χ3n) is 3.52. The number of likely N-dealkylation sites (tertiary alicyclic amines) is 1. The lowest BCUT2D eigenvalue weighted by Gasteiger charge is -2.30. The van der Waals surface area contributed by atoms with Gasteiger partial charge in [-0.2, -0.15) is 0 Å². The Kier molecular flexibility index (Phi) is 4.81. The molecule has 1 aliphatic rings. The first kappa shape index (κ1) is 13.1. The summed E-state index contributed by atoms with van der Waals surface area (Å²) in [5.41, 5.74) is 0.640. The molecule has 0 bridgehead atoms. The van der Waals surface area contributed by atoms with Gasteiger partial charge in [0.1, 0.15) is 5.69 Å². The molecule has 1 aromatic heterocycles. The van der Waals surface area contributed by atoms with Gasteiger partial charge in [-0.15, -0.1) is 0 Å². The number of amides is 1. The van der Waals surface area contributed by atoms with Crippen molar-refractivity contribution in [3.8, 4) is 0 Å². The minimum absolute atomic E-state index is 0.00740. The molecule has 1 unspecified atom stereocenters. The van der Waals surface area contributed by atoms with Crippen LogP contribution in [0.5, 0.6) is 0 Å². The lowest BCUT2D eigenvalue weighted by atomic mass is 10.0. The predicted molar refractivity (Wildman–Crippen MR) is 72.6 cm³/mol. The number of carbonyl (C=O) groups excluding carboxylic acids is 1. The summed E-state index contributed by atoms with van der Waals surface area (Å²) in [5.74, 6) is 0.819. The molecule has 2 heterocycles. The summed E-state index contributed by atoms with van der Waals surface area (Å²) in [4.78, 5) is 17.1.